The number of aliphatic hydroxyl groups is 3. The highest BCUT2D eigenvalue weighted by molar-refractivity contribution is 6.12. The monoisotopic (exact) mass is 970 g/mol. The van der Waals surface area contributed by atoms with Crippen molar-refractivity contribution >= 4 is 46.8 Å². The Kier molecular flexibility index (Phi) is 14.0. The van der Waals surface area contributed by atoms with Crippen molar-refractivity contribution in [3.8, 4) is 0 Å². The number of allylic oxidation sites excluding steroid dienone is 4. The van der Waals surface area contributed by atoms with Gasteiger partial charge in [-0.1, -0.05) is 55.8 Å². The first-order valence-corrected chi connectivity index (χ1v) is 23.9. The highest BCUT2D eigenvalue weighted by atomic mass is 19.1. The molecule has 0 spiro atoms. The topological polar surface area (TPSA) is 238 Å². The lowest BCUT2D eigenvalue weighted by molar-refractivity contribution is -0.235. The average Bonchev–Trinajstić information content (AvgIpc) is 3.95. The first-order chi connectivity index (χ1) is 33.2. The summed E-state index contributed by atoms with van der Waals surface area (Å²) in [4.78, 5) is 89.5. The highest BCUT2D eigenvalue weighted by Crippen LogP contribution is 2.72. The molecule has 0 unspecified atom stereocenters. The number of anilines is 1. The van der Waals surface area contributed by atoms with E-state index in [2.05, 4.69) is 16.0 Å². The number of fused-ring (bicyclic) bond motifs is 7. The summed E-state index contributed by atoms with van der Waals surface area (Å²) in [5.74, 6) is -5.13. The Morgan fingerprint density at radius 3 is 2.24 bits per heavy atom. The molecule has 8 rings (SSSR count). The number of Topliss-reactive ketones (excluding diaryl/α,β-unsaturated/α-hetero) is 1. The zero-order chi connectivity index (χ0) is 50.5. The van der Waals surface area contributed by atoms with Gasteiger partial charge in [-0.15, -0.1) is 0 Å². The van der Waals surface area contributed by atoms with Crippen LogP contribution in [0.2, 0.25) is 0 Å². The van der Waals surface area contributed by atoms with Crippen LogP contribution in [0.3, 0.4) is 0 Å². The van der Waals surface area contributed by atoms with Crippen LogP contribution in [0.15, 0.2) is 78.4 Å². The summed E-state index contributed by atoms with van der Waals surface area (Å²) in [7, 11) is 0. The van der Waals surface area contributed by atoms with Gasteiger partial charge in [-0.25, -0.2) is 8.78 Å². The lowest BCUT2D eigenvalue weighted by atomic mass is 9.44. The number of ether oxygens (including phenoxy) is 2. The third-order valence-corrected chi connectivity index (χ3v) is 15.9. The Balaban J connectivity index is 0.871. The van der Waals surface area contributed by atoms with E-state index >= 15 is 8.78 Å². The molecule has 4 fully saturated rings. The zero-order valence-corrected chi connectivity index (χ0v) is 39.5. The van der Waals surface area contributed by atoms with Gasteiger partial charge < -0.3 is 40.7 Å². The van der Waals surface area contributed by atoms with Gasteiger partial charge >= 0.3 is 0 Å². The second-order valence-corrected chi connectivity index (χ2v) is 20.0. The maximum atomic E-state index is 17.8. The van der Waals surface area contributed by atoms with Crippen molar-refractivity contribution in [2.75, 3.05) is 18.5 Å². The lowest BCUT2D eigenvalue weighted by Crippen LogP contribution is -2.70. The van der Waals surface area contributed by atoms with Gasteiger partial charge in [0.25, 0.3) is 11.8 Å². The van der Waals surface area contributed by atoms with E-state index in [1.165, 1.54) is 45.1 Å². The number of imide groups is 1. The van der Waals surface area contributed by atoms with Gasteiger partial charge in [-0.2, -0.15) is 0 Å². The molecule has 0 radical (unpaired) electrons. The van der Waals surface area contributed by atoms with Crippen LogP contribution in [-0.2, 0) is 56.1 Å². The van der Waals surface area contributed by atoms with E-state index in [9.17, 15) is 48.9 Å². The summed E-state index contributed by atoms with van der Waals surface area (Å²) in [5.41, 5.74) is -4.13. The largest absolute Gasteiger partial charge is 0.392 e. The third kappa shape index (κ3) is 8.64. The normalized spacial score (nSPS) is 32.6. The number of alkyl halides is 2. The molecule has 2 heterocycles. The Bertz CT molecular complexity index is 2550. The Labute approximate surface area is 403 Å². The number of rotatable bonds is 17. The van der Waals surface area contributed by atoms with Crippen LogP contribution in [-0.4, -0.2) is 116 Å². The SMILES string of the molecule is C[C@H](NC(=O)CCCCCN1C(=O)C=CC1=O)C(=O)N[C@@H](C)C(=O)Nc1cc(Cc2ccc([C@@H]3O[C@@H]4C[C@H]5[C@@H]6C[C@H](F)C7=CC(=O)C=C[C@]7(C)[C@@]6(F)[C@@H](O)C[C@]5(C)[C@]4(C(=O)CO)O3)cc2)ccc1CO. The molecule has 12 atom stereocenters. The zero-order valence-electron chi connectivity index (χ0n) is 39.5. The molecule has 374 valence electrons. The Morgan fingerprint density at radius 1 is 0.871 bits per heavy atom. The van der Waals surface area contributed by atoms with E-state index in [4.69, 9.17) is 9.47 Å². The number of ketones is 2. The number of unbranched alkanes of at least 4 members (excludes halogenated alkanes) is 2. The molecule has 70 heavy (non-hydrogen) atoms. The number of aliphatic hydroxyl groups excluding tert-OH is 3. The van der Waals surface area contributed by atoms with E-state index in [-0.39, 0.29) is 62.1 Å². The fourth-order valence-electron chi connectivity index (χ4n) is 12.1. The number of nitrogens with zero attached hydrogens (tertiary/aromatic N) is 1. The first kappa shape index (κ1) is 50.6. The standard InChI is InChI=1S/C52H60F2N4O12/c1-28(55-43(64)8-6-5-7-19-58-44(65)15-16-45(58)66)46(67)56-29(2)47(68)57-39-21-31(11-14-33(39)26-59)20-30-9-12-32(13-10-30)48-69-42-24-35-36-23-38(53)37-22-34(61)17-18-49(37,3)51(36,54)40(62)25-50(35,4)52(42,70-48)41(63)27-60/h9-18,21-22,28-29,35-36,38,40,42,48,59-60,62H,5-8,19-20,23-27H2,1-4H3,(H,55,64)(H,56,67)(H,57,68)/t28-,29-,35-,36-,38-,40-,42+,48+,49-,50-,51-,52+/m0/s1. The molecule has 6 aliphatic rings. The molecule has 3 saturated carbocycles. The minimum Gasteiger partial charge on any atom is -0.392 e. The summed E-state index contributed by atoms with van der Waals surface area (Å²) in [6.45, 7) is 5.18. The predicted octanol–water partition coefficient (Wildman–Crippen LogP) is 3.85. The molecule has 0 bridgehead atoms. The summed E-state index contributed by atoms with van der Waals surface area (Å²) < 4.78 is 46.9. The smallest absolute Gasteiger partial charge is 0.253 e. The van der Waals surface area contributed by atoms with Crippen LogP contribution in [0.1, 0.15) is 101 Å². The van der Waals surface area contributed by atoms with E-state index in [0.717, 1.165) is 22.1 Å². The number of carbonyl (C=O) groups excluding carboxylic acids is 7. The van der Waals surface area contributed by atoms with E-state index in [1.54, 1.807) is 37.3 Å². The van der Waals surface area contributed by atoms with Crippen molar-refractivity contribution in [2.45, 2.75) is 134 Å². The summed E-state index contributed by atoms with van der Waals surface area (Å²) in [5, 5.41) is 40.3. The average molecular weight is 971 g/mol. The van der Waals surface area contributed by atoms with Crippen LogP contribution in [0.4, 0.5) is 14.5 Å². The van der Waals surface area contributed by atoms with Gasteiger partial charge in [0.2, 0.25) is 17.7 Å². The van der Waals surface area contributed by atoms with E-state index in [1.807, 2.05) is 12.1 Å². The third-order valence-electron chi connectivity index (χ3n) is 15.9. The molecule has 2 aliphatic heterocycles. The first-order valence-electron chi connectivity index (χ1n) is 23.9. The van der Waals surface area contributed by atoms with Gasteiger partial charge in [-0.3, -0.25) is 38.5 Å². The van der Waals surface area contributed by atoms with Crippen molar-refractivity contribution in [3.63, 3.8) is 0 Å². The molecular formula is C52H60F2N4O12. The number of amides is 5. The molecule has 1 saturated heterocycles. The molecule has 6 N–H and O–H groups in total. The Morgan fingerprint density at radius 2 is 1.56 bits per heavy atom. The number of benzene rings is 2. The molecule has 18 heteroatoms. The molecule has 5 amide bonds. The van der Waals surface area contributed by atoms with Crippen LogP contribution in [0.5, 0.6) is 0 Å². The van der Waals surface area contributed by atoms with Crippen molar-refractivity contribution < 1.29 is 67.1 Å². The lowest BCUT2D eigenvalue weighted by Gasteiger charge is -2.63. The minimum atomic E-state index is -2.37. The maximum absolute atomic E-state index is 17.8. The number of halogens is 2. The molecule has 16 nitrogen and oxygen atoms in total. The van der Waals surface area contributed by atoms with E-state index < -0.39 is 101 Å². The van der Waals surface area contributed by atoms with Crippen LogP contribution in [0, 0.1) is 22.7 Å². The van der Waals surface area contributed by atoms with Gasteiger partial charge in [-0.05, 0) is 100 Å². The van der Waals surface area contributed by atoms with Crippen molar-refractivity contribution in [1.82, 2.24) is 15.5 Å². The second-order valence-electron chi connectivity index (χ2n) is 20.0. The molecule has 0 aromatic heterocycles. The Hall–Kier alpha value is -5.79. The minimum absolute atomic E-state index is 0.00957. The van der Waals surface area contributed by atoms with Crippen molar-refractivity contribution in [2.24, 2.45) is 22.7 Å². The number of carbonyl (C=O) groups is 7. The van der Waals surface area contributed by atoms with Gasteiger partial charge in [0.1, 0.15) is 24.9 Å². The number of hydrogen-bond donors (Lipinski definition) is 6. The second kappa shape index (κ2) is 19.4. The number of hydrogen-bond acceptors (Lipinski definition) is 12. The summed E-state index contributed by atoms with van der Waals surface area (Å²) >= 11 is 0. The van der Waals surface area contributed by atoms with Crippen molar-refractivity contribution in [3.05, 3.63) is 101 Å². The predicted molar refractivity (Wildman–Crippen MR) is 247 cm³/mol. The van der Waals surface area contributed by atoms with Crippen molar-refractivity contribution in [1.29, 1.82) is 0 Å². The summed E-state index contributed by atoms with van der Waals surface area (Å²) in [6.07, 6.45) is 2.41. The molecule has 2 aromatic carbocycles. The highest BCUT2D eigenvalue weighted by Gasteiger charge is 2.80. The van der Waals surface area contributed by atoms with Gasteiger partial charge in [0.05, 0.1) is 18.8 Å². The molecule has 4 aliphatic carbocycles. The quantitative estimate of drug-likeness (QED) is 0.0980. The van der Waals surface area contributed by atoms with Crippen LogP contribution >= 0.6 is 0 Å². The summed E-state index contributed by atoms with van der Waals surface area (Å²) in [6, 6.07) is 10.4. The maximum Gasteiger partial charge on any atom is 0.253 e. The molecular weight excluding hydrogens is 911 g/mol. The number of nitrogens with one attached hydrogen (secondary N) is 3. The van der Waals surface area contributed by atoms with Gasteiger partial charge in [0.15, 0.2) is 29.1 Å². The van der Waals surface area contributed by atoms with Gasteiger partial charge in [0, 0.05) is 58.7 Å². The van der Waals surface area contributed by atoms with Crippen LogP contribution < -0.4 is 16.0 Å². The molecule has 2 aromatic rings. The fraction of sp³-hybridized carbons (Fsp3) is 0.519. The fourth-order valence-corrected chi connectivity index (χ4v) is 12.1. The van der Waals surface area contributed by atoms with Crippen LogP contribution in [0.25, 0.3) is 0 Å². The van der Waals surface area contributed by atoms with E-state index in [0.29, 0.717) is 42.5 Å².